The Balaban J connectivity index is 1.64. The van der Waals surface area contributed by atoms with Crippen molar-refractivity contribution >= 4 is 17.3 Å². The van der Waals surface area contributed by atoms with Crippen molar-refractivity contribution in [3.05, 3.63) is 23.3 Å². The summed E-state index contributed by atoms with van der Waals surface area (Å²) in [6.45, 7) is 1.08. The van der Waals surface area contributed by atoms with E-state index < -0.39 is 5.97 Å². The van der Waals surface area contributed by atoms with E-state index >= 15 is 0 Å². The van der Waals surface area contributed by atoms with Gasteiger partial charge in [-0.25, -0.2) is 0 Å². The van der Waals surface area contributed by atoms with Crippen molar-refractivity contribution in [3.63, 3.8) is 0 Å². The molecule has 7 heteroatoms. The second-order valence-electron chi connectivity index (χ2n) is 4.84. The van der Waals surface area contributed by atoms with E-state index in [-0.39, 0.29) is 6.42 Å². The molecule has 0 radical (unpaired) electrons. The van der Waals surface area contributed by atoms with Gasteiger partial charge in [0.25, 0.3) is 5.89 Å². The van der Waals surface area contributed by atoms with Gasteiger partial charge in [-0.1, -0.05) is 11.2 Å². The summed E-state index contributed by atoms with van der Waals surface area (Å²) in [5, 5.41) is 14.7. The Kier molecular flexibility index (Phi) is 3.79. The zero-order chi connectivity index (χ0) is 13.9. The Morgan fingerprint density at radius 1 is 1.55 bits per heavy atom. The van der Waals surface area contributed by atoms with Crippen LogP contribution >= 0.6 is 11.3 Å². The number of carboxylic acids is 1. The molecule has 2 aromatic rings. The first kappa shape index (κ1) is 13.3. The first-order chi connectivity index (χ1) is 9.72. The van der Waals surface area contributed by atoms with Crippen molar-refractivity contribution in [1.29, 1.82) is 0 Å². The van der Waals surface area contributed by atoms with Gasteiger partial charge in [0.1, 0.15) is 0 Å². The van der Waals surface area contributed by atoms with Crippen LogP contribution < -0.4 is 0 Å². The van der Waals surface area contributed by atoms with Gasteiger partial charge < -0.3 is 9.63 Å². The molecule has 2 aromatic heterocycles. The van der Waals surface area contributed by atoms with Gasteiger partial charge in [-0.05, 0) is 24.3 Å². The van der Waals surface area contributed by atoms with Crippen LogP contribution in [-0.2, 0) is 11.3 Å². The van der Waals surface area contributed by atoms with Crippen LogP contribution in [0.4, 0.5) is 0 Å². The number of aliphatic carboxylic acids is 1. The molecule has 1 saturated carbocycles. The summed E-state index contributed by atoms with van der Waals surface area (Å²) in [6, 6.07) is 4.34. The number of aromatic nitrogens is 2. The van der Waals surface area contributed by atoms with Gasteiger partial charge in [-0.3, -0.25) is 9.69 Å². The molecule has 20 heavy (non-hydrogen) atoms. The average molecular weight is 293 g/mol. The van der Waals surface area contributed by atoms with E-state index in [9.17, 15) is 4.79 Å². The number of hydrogen-bond donors (Lipinski definition) is 1. The predicted octanol–water partition coefficient (Wildman–Crippen LogP) is 2.24. The molecule has 1 N–H and O–H groups in total. The maximum atomic E-state index is 10.7. The van der Waals surface area contributed by atoms with E-state index in [4.69, 9.17) is 9.63 Å². The van der Waals surface area contributed by atoms with Crippen LogP contribution in [0.5, 0.6) is 0 Å². The molecule has 0 unspecified atom stereocenters. The Bertz CT molecular complexity index is 577. The second-order valence-corrected chi connectivity index (χ2v) is 5.79. The number of carbonyl (C=O) groups is 1. The van der Waals surface area contributed by atoms with Crippen LogP contribution in [0.25, 0.3) is 10.8 Å². The number of thiophene rings is 1. The third-order valence-electron chi connectivity index (χ3n) is 3.22. The molecule has 0 bridgehead atoms. The Hall–Kier alpha value is -1.73. The first-order valence-electron chi connectivity index (χ1n) is 6.54. The van der Waals surface area contributed by atoms with Crippen molar-refractivity contribution in [1.82, 2.24) is 15.0 Å². The summed E-state index contributed by atoms with van der Waals surface area (Å²) >= 11 is 1.55. The topological polar surface area (TPSA) is 79.5 Å². The highest BCUT2D eigenvalue weighted by Crippen LogP contribution is 2.29. The zero-order valence-electron chi connectivity index (χ0n) is 10.9. The van der Waals surface area contributed by atoms with E-state index in [1.54, 1.807) is 11.3 Å². The van der Waals surface area contributed by atoms with Gasteiger partial charge >= 0.3 is 5.97 Å². The maximum Gasteiger partial charge on any atom is 0.304 e. The number of carboxylic acid groups (broad SMARTS) is 1. The average Bonchev–Trinajstić information content (AvgIpc) is 2.93. The number of rotatable bonds is 7. The maximum absolute atomic E-state index is 10.7. The largest absolute Gasteiger partial charge is 0.481 e. The Morgan fingerprint density at radius 3 is 3.05 bits per heavy atom. The smallest absolute Gasteiger partial charge is 0.304 e. The molecular weight excluding hydrogens is 278 g/mol. The fourth-order valence-corrected chi connectivity index (χ4v) is 2.71. The van der Waals surface area contributed by atoms with Crippen molar-refractivity contribution < 1.29 is 14.4 Å². The lowest BCUT2D eigenvalue weighted by Crippen LogP contribution is -2.28. The molecule has 0 aliphatic heterocycles. The zero-order valence-corrected chi connectivity index (χ0v) is 11.7. The molecule has 1 aliphatic rings. The standard InChI is InChI=1S/C13H15N3O3S/c17-12(18)5-6-16(9-3-4-9)8-11-14-13(19-15-11)10-2-1-7-20-10/h1-2,7,9H,3-6,8H2,(H,17,18). The highest BCUT2D eigenvalue weighted by Gasteiger charge is 2.30. The summed E-state index contributed by atoms with van der Waals surface area (Å²) in [7, 11) is 0. The van der Waals surface area contributed by atoms with Crippen molar-refractivity contribution in [3.8, 4) is 10.8 Å². The molecule has 0 amide bonds. The summed E-state index contributed by atoms with van der Waals surface area (Å²) in [5.74, 6) is 0.373. The Morgan fingerprint density at radius 2 is 2.40 bits per heavy atom. The minimum atomic E-state index is -0.775. The van der Waals surface area contributed by atoms with Crippen molar-refractivity contribution in [2.45, 2.75) is 31.8 Å². The highest BCUT2D eigenvalue weighted by atomic mass is 32.1. The highest BCUT2D eigenvalue weighted by molar-refractivity contribution is 7.13. The Labute approximate surface area is 120 Å². The normalized spacial score (nSPS) is 14.8. The van der Waals surface area contributed by atoms with Gasteiger partial charge in [-0.2, -0.15) is 4.98 Å². The second kappa shape index (κ2) is 5.72. The van der Waals surface area contributed by atoms with Crippen LogP contribution in [-0.4, -0.2) is 38.7 Å². The third-order valence-corrected chi connectivity index (χ3v) is 4.08. The molecule has 106 valence electrons. The lowest BCUT2D eigenvalue weighted by molar-refractivity contribution is -0.137. The fourth-order valence-electron chi connectivity index (χ4n) is 2.07. The molecule has 6 nitrogen and oxygen atoms in total. The van der Waals surface area contributed by atoms with Crippen LogP contribution in [0.15, 0.2) is 22.0 Å². The van der Waals surface area contributed by atoms with Gasteiger partial charge in [-0.15, -0.1) is 11.3 Å². The monoisotopic (exact) mass is 293 g/mol. The predicted molar refractivity (Wildman–Crippen MR) is 73.3 cm³/mol. The van der Waals surface area contributed by atoms with Gasteiger partial charge in [0.05, 0.1) is 17.8 Å². The molecular formula is C13H15N3O3S. The summed E-state index contributed by atoms with van der Waals surface area (Å²) < 4.78 is 5.24. The molecule has 0 atom stereocenters. The summed E-state index contributed by atoms with van der Waals surface area (Å²) in [5.41, 5.74) is 0. The van der Waals surface area contributed by atoms with Crippen LogP contribution in [0.2, 0.25) is 0 Å². The van der Waals surface area contributed by atoms with Crippen LogP contribution in [0.3, 0.4) is 0 Å². The molecule has 1 aliphatic carbocycles. The van der Waals surface area contributed by atoms with E-state index in [0.29, 0.717) is 30.8 Å². The molecule has 0 aromatic carbocycles. The summed E-state index contributed by atoms with van der Waals surface area (Å²) in [6.07, 6.45) is 2.39. The minimum Gasteiger partial charge on any atom is -0.481 e. The van der Waals surface area contributed by atoms with E-state index in [1.807, 2.05) is 17.5 Å². The van der Waals surface area contributed by atoms with Crippen molar-refractivity contribution in [2.75, 3.05) is 6.54 Å². The molecule has 3 rings (SSSR count). The lowest BCUT2D eigenvalue weighted by atomic mass is 10.3. The van der Waals surface area contributed by atoms with Crippen molar-refractivity contribution in [2.24, 2.45) is 0 Å². The minimum absolute atomic E-state index is 0.145. The first-order valence-corrected chi connectivity index (χ1v) is 7.42. The van der Waals surface area contributed by atoms with E-state index in [1.165, 1.54) is 0 Å². The van der Waals surface area contributed by atoms with E-state index in [2.05, 4.69) is 15.0 Å². The lowest BCUT2D eigenvalue weighted by Gasteiger charge is -2.18. The van der Waals surface area contributed by atoms with E-state index in [0.717, 1.165) is 17.7 Å². The fraction of sp³-hybridized carbons (Fsp3) is 0.462. The SMILES string of the molecule is O=C(O)CCN(Cc1noc(-c2cccs2)n1)C1CC1. The number of hydrogen-bond acceptors (Lipinski definition) is 6. The summed E-state index contributed by atoms with van der Waals surface area (Å²) in [4.78, 5) is 18.1. The number of nitrogens with zero attached hydrogens (tertiary/aromatic N) is 3. The van der Waals surface area contributed by atoms with Crippen LogP contribution in [0.1, 0.15) is 25.1 Å². The third kappa shape index (κ3) is 3.23. The molecule has 2 heterocycles. The quantitative estimate of drug-likeness (QED) is 0.843. The van der Waals surface area contributed by atoms with Crippen LogP contribution in [0, 0.1) is 0 Å². The van der Waals surface area contributed by atoms with Gasteiger partial charge in [0.15, 0.2) is 5.82 Å². The van der Waals surface area contributed by atoms with Gasteiger partial charge in [0, 0.05) is 12.6 Å². The molecule has 0 spiro atoms. The van der Waals surface area contributed by atoms with Gasteiger partial charge in [0.2, 0.25) is 0 Å². The molecule has 1 fully saturated rings. The molecule has 0 saturated heterocycles.